The molecule has 1 saturated heterocycles. The van der Waals surface area contributed by atoms with Gasteiger partial charge < -0.3 is 10.1 Å². The quantitative estimate of drug-likeness (QED) is 0.753. The Kier molecular flexibility index (Phi) is 4.80. The highest BCUT2D eigenvalue weighted by molar-refractivity contribution is 5.32. The van der Waals surface area contributed by atoms with Crippen molar-refractivity contribution >= 4 is 0 Å². The van der Waals surface area contributed by atoms with Gasteiger partial charge in [-0.2, -0.15) is 0 Å². The minimum absolute atomic E-state index is 0.122. The molecule has 0 bridgehead atoms. The number of rotatable bonds is 5. The molecule has 1 aliphatic rings. The highest BCUT2D eigenvalue weighted by atomic mass is 16.5. The maximum absolute atomic E-state index is 6.12. The number of benzene rings is 1. The summed E-state index contributed by atoms with van der Waals surface area (Å²) in [6.45, 7) is 7.39. The lowest BCUT2D eigenvalue weighted by Gasteiger charge is -2.27. The zero-order chi connectivity index (χ0) is 13.8. The molecular weight excluding hydrogens is 238 g/mol. The standard InChI is InChI=1S/C15H25N3O/c1-10-7-5-6-8-14(10)19-12(3)15-13(9-16-4)11(2)17-18-15/h5-8,11-13,15-18H,9H2,1-4H3. The van der Waals surface area contributed by atoms with Crippen molar-refractivity contribution in [2.24, 2.45) is 5.92 Å². The second-order valence-corrected chi connectivity index (χ2v) is 5.41. The first-order chi connectivity index (χ1) is 9.13. The van der Waals surface area contributed by atoms with E-state index in [0.29, 0.717) is 18.0 Å². The van der Waals surface area contributed by atoms with Gasteiger partial charge in [-0.15, -0.1) is 0 Å². The van der Waals surface area contributed by atoms with Gasteiger partial charge in [-0.3, -0.25) is 10.9 Å². The van der Waals surface area contributed by atoms with E-state index in [4.69, 9.17) is 4.74 Å². The Balaban J connectivity index is 2.03. The van der Waals surface area contributed by atoms with Crippen molar-refractivity contribution in [3.05, 3.63) is 29.8 Å². The predicted octanol–water partition coefficient (Wildman–Crippen LogP) is 1.46. The topological polar surface area (TPSA) is 45.3 Å². The van der Waals surface area contributed by atoms with Gasteiger partial charge in [0.1, 0.15) is 11.9 Å². The fourth-order valence-electron chi connectivity index (χ4n) is 2.72. The van der Waals surface area contributed by atoms with Crippen LogP contribution < -0.4 is 20.9 Å². The maximum atomic E-state index is 6.12. The molecule has 1 heterocycles. The lowest BCUT2D eigenvalue weighted by Crippen LogP contribution is -2.45. The summed E-state index contributed by atoms with van der Waals surface area (Å²) in [5, 5.41) is 3.26. The average molecular weight is 263 g/mol. The van der Waals surface area contributed by atoms with Crippen LogP contribution in [0.5, 0.6) is 5.75 Å². The van der Waals surface area contributed by atoms with Gasteiger partial charge in [-0.05, 0) is 39.4 Å². The molecule has 4 nitrogen and oxygen atoms in total. The van der Waals surface area contributed by atoms with Gasteiger partial charge >= 0.3 is 0 Å². The van der Waals surface area contributed by atoms with E-state index in [9.17, 15) is 0 Å². The highest BCUT2D eigenvalue weighted by Crippen LogP contribution is 2.23. The van der Waals surface area contributed by atoms with Crippen LogP contribution in [0.2, 0.25) is 0 Å². The molecule has 4 heteroatoms. The van der Waals surface area contributed by atoms with E-state index in [1.165, 1.54) is 5.56 Å². The van der Waals surface area contributed by atoms with Gasteiger partial charge in [0.25, 0.3) is 0 Å². The van der Waals surface area contributed by atoms with E-state index >= 15 is 0 Å². The van der Waals surface area contributed by atoms with Crippen molar-refractivity contribution in [2.45, 2.75) is 39.0 Å². The van der Waals surface area contributed by atoms with Crippen LogP contribution in [0.4, 0.5) is 0 Å². The molecule has 0 spiro atoms. The fourth-order valence-corrected chi connectivity index (χ4v) is 2.72. The Morgan fingerprint density at radius 3 is 2.74 bits per heavy atom. The number of aryl methyl sites for hydroxylation is 1. The molecule has 0 saturated carbocycles. The van der Waals surface area contributed by atoms with Crippen molar-refractivity contribution in [3.63, 3.8) is 0 Å². The molecule has 1 aromatic rings. The van der Waals surface area contributed by atoms with Gasteiger partial charge in [0.2, 0.25) is 0 Å². The van der Waals surface area contributed by atoms with Gasteiger partial charge in [0, 0.05) is 18.5 Å². The Hall–Kier alpha value is -1.10. The molecule has 3 N–H and O–H groups in total. The van der Waals surface area contributed by atoms with E-state index in [1.54, 1.807) is 0 Å². The first-order valence-electron chi connectivity index (χ1n) is 7.01. The Labute approximate surface area is 115 Å². The summed E-state index contributed by atoms with van der Waals surface area (Å²) in [6, 6.07) is 8.92. The van der Waals surface area contributed by atoms with E-state index in [-0.39, 0.29) is 6.10 Å². The van der Waals surface area contributed by atoms with Gasteiger partial charge in [0.05, 0.1) is 6.04 Å². The summed E-state index contributed by atoms with van der Waals surface area (Å²) < 4.78 is 6.12. The minimum atomic E-state index is 0.122. The third kappa shape index (κ3) is 3.26. The third-order valence-corrected chi connectivity index (χ3v) is 3.93. The van der Waals surface area contributed by atoms with Crippen LogP contribution in [0.3, 0.4) is 0 Å². The van der Waals surface area contributed by atoms with Crippen molar-refractivity contribution in [3.8, 4) is 5.75 Å². The molecule has 0 aromatic heterocycles. The smallest absolute Gasteiger partial charge is 0.122 e. The minimum Gasteiger partial charge on any atom is -0.489 e. The number of nitrogens with one attached hydrogen (secondary N) is 3. The summed E-state index contributed by atoms with van der Waals surface area (Å²) in [6.07, 6.45) is 0.122. The maximum Gasteiger partial charge on any atom is 0.122 e. The molecule has 4 unspecified atom stereocenters. The molecule has 0 amide bonds. The van der Waals surface area contributed by atoms with Gasteiger partial charge in [-0.25, -0.2) is 0 Å². The Morgan fingerprint density at radius 1 is 1.32 bits per heavy atom. The lowest BCUT2D eigenvalue weighted by molar-refractivity contribution is 0.152. The number of hydrogen-bond donors (Lipinski definition) is 3. The Bertz CT molecular complexity index is 410. The van der Waals surface area contributed by atoms with Crippen LogP contribution in [-0.2, 0) is 0 Å². The third-order valence-electron chi connectivity index (χ3n) is 3.93. The summed E-state index contributed by atoms with van der Waals surface area (Å²) in [5.74, 6) is 1.49. The second kappa shape index (κ2) is 6.37. The summed E-state index contributed by atoms with van der Waals surface area (Å²) in [5.41, 5.74) is 7.86. The fraction of sp³-hybridized carbons (Fsp3) is 0.600. The van der Waals surface area contributed by atoms with Gasteiger partial charge in [0.15, 0.2) is 0 Å². The molecule has 106 valence electrons. The molecule has 1 aliphatic heterocycles. The van der Waals surface area contributed by atoms with Crippen LogP contribution in [-0.4, -0.2) is 31.8 Å². The number of hydrogen-bond acceptors (Lipinski definition) is 4. The first-order valence-corrected chi connectivity index (χ1v) is 7.01. The van der Waals surface area contributed by atoms with E-state index in [1.807, 2.05) is 25.2 Å². The largest absolute Gasteiger partial charge is 0.489 e. The second-order valence-electron chi connectivity index (χ2n) is 5.41. The van der Waals surface area contributed by atoms with Crippen molar-refractivity contribution < 1.29 is 4.74 Å². The number of ether oxygens (including phenoxy) is 1. The SMILES string of the molecule is CNCC1C(C)NNC1C(C)Oc1ccccc1C. The van der Waals surface area contributed by atoms with E-state index in [2.05, 4.69) is 43.0 Å². The molecule has 0 aliphatic carbocycles. The molecule has 0 radical (unpaired) electrons. The predicted molar refractivity (Wildman–Crippen MR) is 78.2 cm³/mol. The molecule has 1 aromatic carbocycles. The summed E-state index contributed by atoms with van der Waals surface area (Å²) in [4.78, 5) is 0. The molecular formula is C15H25N3O. The average Bonchev–Trinajstić information content (AvgIpc) is 2.75. The Morgan fingerprint density at radius 2 is 2.05 bits per heavy atom. The molecule has 4 atom stereocenters. The summed E-state index contributed by atoms with van der Waals surface area (Å²) in [7, 11) is 2.00. The van der Waals surface area contributed by atoms with Crippen LogP contribution in [0.1, 0.15) is 19.4 Å². The van der Waals surface area contributed by atoms with Crippen molar-refractivity contribution in [1.29, 1.82) is 0 Å². The molecule has 1 fully saturated rings. The van der Waals surface area contributed by atoms with Crippen LogP contribution >= 0.6 is 0 Å². The monoisotopic (exact) mass is 263 g/mol. The lowest BCUT2D eigenvalue weighted by atomic mass is 9.92. The van der Waals surface area contributed by atoms with E-state index < -0.39 is 0 Å². The highest BCUT2D eigenvalue weighted by Gasteiger charge is 2.36. The first kappa shape index (κ1) is 14.3. The number of para-hydroxylation sites is 1. The summed E-state index contributed by atoms with van der Waals surface area (Å²) >= 11 is 0. The zero-order valence-electron chi connectivity index (χ0n) is 12.2. The number of hydrazine groups is 1. The van der Waals surface area contributed by atoms with Gasteiger partial charge in [-0.1, -0.05) is 18.2 Å². The van der Waals surface area contributed by atoms with Crippen molar-refractivity contribution in [1.82, 2.24) is 16.2 Å². The van der Waals surface area contributed by atoms with Crippen LogP contribution in [0, 0.1) is 12.8 Å². The van der Waals surface area contributed by atoms with Crippen molar-refractivity contribution in [2.75, 3.05) is 13.6 Å². The van der Waals surface area contributed by atoms with E-state index in [0.717, 1.165) is 12.3 Å². The van der Waals surface area contributed by atoms with Crippen LogP contribution in [0.15, 0.2) is 24.3 Å². The normalized spacial score (nSPS) is 28.3. The van der Waals surface area contributed by atoms with Crippen LogP contribution in [0.25, 0.3) is 0 Å². The molecule has 19 heavy (non-hydrogen) atoms. The molecule has 2 rings (SSSR count). The zero-order valence-corrected chi connectivity index (χ0v) is 12.2.